The number of benzene rings is 1. The third-order valence-electron chi connectivity index (χ3n) is 4.46. The largest absolute Gasteiger partial charge is 0.452 e. The number of rotatable bonds is 4. The van der Waals surface area contributed by atoms with Crippen LogP contribution in [0.3, 0.4) is 0 Å². The molecule has 1 amide bonds. The topological polar surface area (TPSA) is 60.5 Å². The van der Waals surface area contributed by atoms with Gasteiger partial charge in [0.05, 0.1) is 6.04 Å². The van der Waals surface area contributed by atoms with E-state index in [1.807, 2.05) is 31.2 Å². The number of pyridine rings is 1. The SMILES string of the molecule is C[C@H](NC(=O)[C@H]1C[C@@H]1c1ccccc1)c1cnc2c(c1)OCO2. The van der Waals surface area contributed by atoms with Gasteiger partial charge in [0.25, 0.3) is 5.88 Å². The Bertz CT molecular complexity index is 732. The van der Waals surface area contributed by atoms with Crippen LogP contribution >= 0.6 is 0 Å². The standard InChI is InChI=1S/C18H18N2O3/c1-11(13-7-16-18(19-9-13)23-10-22-16)20-17(21)15-8-14(15)12-5-3-2-4-6-12/h2-7,9,11,14-15H,8,10H2,1H3,(H,20,21)/t11-,14+,15-/m0/s1. The van der Waals surface area contributed by atoms with Crippen LogP contribution < -0.4 is 14.8 Å². The molecule has 23 heavy (non-hydrogen) atoms. The molecule has 1 aromatic heterocycles. The summed E-state index contributed by atoms with van der Waals surface area (Å²) in [6, 6.07) is 12.0. The predicted molar refractivity (Wildman–Crippen MR) is 84.2 cm³/mol. The van der Waals surface area contributed by atoms with Gasteiger partial charge in [-0.05, 0) is 36.5 Å². The van der Waals surface area contributed by atoms with Gasteiger partial charge in [-0.15, -0.1) is 0 Å². The number of fused-ring (bicyclic) bond motifs is 1. The van der Waals surface area contributed by atoms with E-state index in [0.29, 0.717) is 17.5 Å². The van der Waals surface area contributed by atoms with Crippen LogP contribution in [0.4, 0.5) is 0 Å². The van der Waals surface area contributed by atoms with E-state index in [-0.39, 0.29) is 24.7 Å². The third-order valence-corrected chi connectivity index (χ3v) is 4.46. The predicted octanol–water partition coefficient (Wildman–Crippen LogP) is 2.79. The quantitative estimate of drug-likeness (QED) is 0.943. The first-order chi connectivity index (χ1) is 11.2. The second-order valence-corrected chi connectivity index (χ2v) is 6.07. The summed E-state index contributed by atoms with van der Waals surface area (Å²) < 4.78 is 10.5. The lowest BCUT2D eigenvalue weighted by atomic mass is 10.1. The molecular formula is C18H18N2O3. The number of hydrogen-bond acceptors (Lipinski definition) is 4. The van der Waals surface area contributed by atoms with Crippen LogP contribution in [0.5, 0.6) is 11.6 Å². The van der Waals surface area contributed by atoms with Gasteiger partial charge in [-0.2, -0.15) is 0 Å². The molecule has 0 bridgehead atoms. The van der Waals surface area contributed by atoms with Gasteiger partial charge in [0, 0.05) is 12.1 Å². The van der Waals surface area contributed by atoms with Crippen LogP contribution in [0.1, 0.15) is 36.4 Å². The highest BCUT2D eigenvalue weighted by Gasteiger charge is 2.44. The maximum atomic E-state index is 12.4. The maximum absolute atomic E-state index is 12.4. The van der Waals surface area contributed by atoms with E-state index in [1.165, 1.54) is 5.56 Å². The van der Waals surface area contributed by atoms with Crippen molar-refractivity contribution in [2.24, 2.45) is 5.92 Å². The lowest BCUT2D eigenvalue weighted by Crippen LogP contribution is -2.28. The first-order valence-corrected chi connectivity index (χ1v) is 7.83. The van der Waals surface area contributed by atoms with E-state index in [2.05, 4.69) is 22.4 Å². The first-order valence-electron chi connectivity index (χ1n) is 7.83. The fourth-order valence-corrected chi connectivity index (χ4v) is 3.00. The van der Waals surface area contributed by atoms with Gasteiger partial charge >= 0.3 is 0 Å². The molecule has 0 saturated heterocycles. The average molecular weight is 310 g/mol. The molecule has 2 heterocycles. The molecule has 1 N–H and O–H groups in total. The van der Waals surface area contributed by atoms with E-state index < -0.39 is 0 Å². The fourth-order valence-electron chi connectivity index (χ4n) is 3.00. The second kappa shape index (κ2) is 5.57. The molecule has 0 spiro atoms. The van der Waals surface area contributed by atoms with Gasteiger partial charge < -0.3 is 14.8 Å². The molecule has 3 atom stereocenters. The molecule has 4 rings (SSSR count). The van der Waals surface area contributed by atoms with Crippen LogP contribution in [0, 0.1) is 5.92 Å². The summed E-state index contributed by atoms with van der Waals surface area (Å²) in [4.78, 5) is 16.6. The highest BCUT2D eigenvalue weighted by Crippen LogP contribution is 2.47. The van der Waals surface area contributed by atoms with Crippen molar-refractivity contribution in [2.45, 2.75) is 25.3 Å². The molecule has 1 aromatic carbocycles. The van der Waals surface area contributed by atoms with Crippen molar-refractivity contribution >= 4 is 5.91 Å². The Kier molecular flexibility index (Phi) is 3.41. The zero-order chi connectivity index (χ0) is 15.8. The molecular weight excluding hydrogens is 292 g/mol. The third kappa shape index (κ3) is 2.74. The molecule has 118 valence electrons. The first kappa shape index (κ1) is 14.1. The summed E-state index contributed by atoms with van der Waals surface area (Å²) in [5, 5.41) is 3.07. The number of aromatic nitrogens is 1. The molecule has 0 unspecified atom stereocenters. The van der Waals surface area contributed by atoms with Gasteiger partial charge in [-0.25, -0.2) is 4.98 Å². The Hall–Kier alpha value is -2.56. The lowest BCUT2D eigenvalue weighted by molar-refractivity contribution is -0.123. The van der Waals surface area contributed by atoms with Crippen molar-refractivity contribution in [1.82, 2.24) is 10.3 Å². The highest BCUT2D eigenvalue weighted by atomic mass is 16.7. The van der Waals surface area contributed by atoms with Crippen LogP contribution in [-0.2, 0) is 4.79 Å². The lowest BCUT2D eigenvalue weighted by Gasteiger charge is -2.14. The zero-order valence-corrected chi connectivity index (χ0v) is 12.9. The number of nitrogens with one attached hydrogen (secondary N) is 1. The van der Waals surface area contributed by atoms with Gasteiger partial charge in [0.1, 0.15) is 0 Å². The molecule has 1 fully saturated rings. The summed E-state index contributed by atoms with van der Waals surface area (Å²) in [7, 11) is 0. The summed E-state index contributed by atoms with van der Waals surface area (Å²) in [6.45, 7) is 2.16. The molecule has 2 aromatic rings. The zero-order valence-electron chi connectivity index (χ0n) is 12.9. The van der Waals surface area contributed by atoms with Crippen molar-refractivity contribution in [1.29, 1.82) is 0 Å². The molecule has 5 heteroatoms. The summed E-state index contributed by atoms with van der Waals surface area (Å²) in [5.41, 5.74) is 2.16. The molecule has 5 nitrogen and oxygen atoms in total. The second-order valence-electron chi connectivity index (χ2n) is 6.07. The summed E-state index contributed by atoms with van der Waals surface area (Å²) in [5.74, 6) is 1.67. The minimum absolute atomic E-state index is 0.0711. The maximum Gasteiger partial charge on any atom is 0.260 e. The van der Waals surface area contributed by atoms with Gasteiger partial charge in [0.15, 0.2) is 5.75 Å². The number of carbonyl (C=O) groups is 1. The van der Waals surface area contributed by atoms with Crippen LogP contribution in [0.15, 0.2) is 42.6 Å². The highest BCUT2D eigenvalue weighted by molar-refractivity contribution is 5.83. The Morgan fingerprint density at radius 3 is 2.96 bits per heavy atom. The molecule has 1 saturated carbocycles. The van der Waals surface area contributed by atoms with Crippen molar-refractivity contribution < 1.29 is 14.3 Å². The van der Waals surface area contributed by atoms with Gasteiger partial charge in [-0.1, -0.05) is 30.3 Å². The fraction of sp³-hybridized carbons (Fsp3) is 0.333. The Balaban J connectivity index is 1.39. The molecule has 0 radical (unpaired) electrons. The van der Waals surface area contributed by atoms with E-state index in [4.69, 9.17) is 9.47 Å². The molecule has 1 aliphatic heterocycles. The average Bonchev–Trinajstić information content (AvgIpc) is 3.25. The number of amides is 1. The molecule has 1 aliphatic carbocycles. The van der Waals surface area contributed by atoms with E-state index in [1.54, 1.807) is 6.20 Å². The van der Waals surface area contributed by atoms with Crippen LogP contribution in [0.2, 0.25) is 0 Å². The Labute approximate surface area is 134 Å². The monoisotopic (exact) mass is 310 g/mol. The number of ether oxygens (including phenoxy) is 2. The van der Waals surface area contributed by atoms with Crippen molar-refractivity contribution in [3.8, 4) is 11.6 Å². The minimum atomic E-state index is -0.110. The van der Waals surface area contributed by atoms with Crippen LogP contribution in [0.25, 0.3) is 0 Å². The summed E-state index contributed by atoms with van der Waals surface area (Å²) in [6.07, 6.45) is 2.64. The van der Waals surface area contributed by atoms with Gasteiger partial charge in [-0.3, -0.25) is 4.79 Å². The Morgan fingerprint density at radius 2 is 2.13 bits per heavy atom. The smallest absolute Gasteiger partial charge is 0.260 e. The van der Waals surface area contributed by atoms with E-state index >= 15 is 0 Å². The minimum Gasteiger partial charge on any atom is -0.452 e. The number of nitrogens with zero attached hydrogens (tertiary/aromatic N) is 1. The normalized spacial score (nSPS) is 22.5. The van der Waals surface area contributed by atoms with E-state index in [9.17, 15) is 4.79 Å². The van der Waals surface area contributed by atoms with Crippen molar-refractivity contribution in [2.75, 3.05) is 6.79 Å². The van der Waals surface area contributed by atoms with Crippen molar-refractivity contribution in [3.63, 3.8) is 0 Å². The van der Waals surface area contributed by atoms with Crippen molar-refractivity contribution in [3.05, 3.63) is 53.7 Å². The number of carbonyl (C=O) groups excluding carboxylic acids is 1. The molecule has 2 aliphatic rings. The van der Waals surface area contributed by atoms with Crippen LogP contribution in [-0.4, -0.2) is 17.7 Å². The van der Waals surface area contributed by atoms with Gasteiger partial charge in [0.2, 0.25) is 12.7 Å². The Morgan fingerprint density at radius 1 is 1.30 bits per heavy atom. The van der Waals surface area contributed by atoms with E-state index in [0.717, 1.165) is 12.0 Å². The summed E-state index contributed by atoms with van der Waals surface area (Å²) >= 11 is 0. The number of hydrogen-bond donors (Lipinski definition) is 1.